The SMILES string of the molecule is C=C(C)Cc1cnc(-c2ccnc(C)c2)c(C)c1. The molecule has 0 aliphatic rings. The van der Waals surface area contributed by atoms with Crippen LogP contribution in [0.5, 0.6) is 0 Å². The lowest BCUT2D eigenvalue weighted by molar-refractivity contribution is 1.10. The fourth-order valence-corrected chi connectivity index (χ4v) is 2.07. The summed E-state index contributed by atoms with van der Waals surface area (Å²) in [5.74, 6) is 0. The highest BCUT2D eigenvalue weighted by Gasteiger charge is 2.05. The summed E-state index contributed by atoms with van der Waals surface area (Å²) in [4.78, 5) is 8.79. The van der Waals surface area contributed by atoms with Crippen LogP contribution in [-0.4, -0.2) is 9.97 Å². The standard InChI is InChI=1S/C16H18N2/c1-11(2)7-14-8-12(3)16(18-10-14)15-5-6-17-13(4)9-15/h5-6,8-10H,1,7H2,2-4H3. The van der Waals surface area contributed by atoms with Gasteiger partial charge >= 0.3 is 0 Å². The first-order valence-electron chi connectivity index (χ1n) is 6.09. The van der Waals surface area contributed by atoms with Crippen LogP contribution in [0.4, 0.5) is 0 Å². The van der Waals surface area contributed by atoms with E-state index in [-0.39, 0.29) is 0 Å². The van der Waals surface area contributed by atoms with Crippen LogP contribution in [0, 0.1) is 13.8 Å². The number of aromatic nitrogens is 2. The first-order chi connectivity index (χ1) is 8.56. The summed E-state index contributed by atoms with van der Waals surface area (Å²) in [7, 11) is 0. The maximum Gasteiger partial charge on any atom is 0.0732 e. The molecule has 0 aromatic carbocycles. The van der Waals surface area contributed by atoms with E-state index in [1.165, 1.54) is 11.1 Å². The van der Waals surface area contributed by atoms with E-state index < -0.39 is 0 Å². The number of hydrogen-bond donors (Lipinski definition) is 0. The lowest BCUT2D eigenvalue weighted by Crippen LogP contribution is -1.94. The quantitative estimate of drug-likeness (QED) is 0.758. The number of aryl methyl sites for hydroxylation is 2. The van der Waals surface area contributed by atoms with Crippen molar-refractivity contribution >= 4 is 0 Å². The molecule has 2 aromatic rings. The van der Waals surface area contributed by atoms with Crippen LogP contribution in [0.15, 0.2) is 42.7 Å². The molecule has 92 valence electrons. The maximum atomic E-state index is 4.57. The molecule has 0 saturated carbocycles. The number of nitrogens with zero attached hydrogens (tertiary/aromatic N) is 2. The Labute approximate surface area is 108 Å². The van der Waals surface area contributed by atoms with E-state index in [0.29, 0.717) is 0 Å². The summed E-state index contributed by atoms with van der Waals surface area (Å²) in [5, 5.41) is 0. The molecule has 2 aromatic heterocycles. The molecule has 0 N–H and O–H groups in total. The van der Waals surface area contributed by atoms with Crippen molar-refractivity contribution in [2.45, 2.75) is 27.2 Å². The van der Waals surface area contributed by atoms with Gasteiger partial charge < -0.3 is 0 Å². The van der Waals surface area contributed by atoms with E-state index in [1.54, 1.807) is 0 Å². The zero-order chi connectivity index (χ0) is 13.1. The largest absolute Gasteiger partial charge is 0.262 e. The Morgan fingerprint density at radius 1 is 1.22 bits per heavy atom. The van der Waals surface area contributed by atoms with Crippen LogP contribution in [0.3, 0.4) is 0 Å². The minimum atomic E-state index is 0.892. The van der Waals surface area contributed by atoms with E-state index in [2.05, 4.69) is 35.6 Å². The van der Waals surface area contributed by atoms with Gasteiger partial charge in [-0.2, -0.15) is 0 Å². The van der Waals surface area contributed by atoms with Gasteiger partial charge in [0.05, 0.1) is 5.69 Å². The maximum absolute atomic E-state index is 4.57. The highest BCUT2D eigenvalue weighted by atomic mass is 14.7. The Balaban J connectivity index is 2.38. The second kappa shape index (κ2) is 5.13. The zero-order valence-electron chi connectivity index (χ0n) is 11.2. The zero-order valence-corrected chi connectivity index (χ0v) is 11.2. The second-order valence-electron chi connectivity index (χ2n) is 4.83. The fourth-order valence-electron chi connectivity index (χ4n) is 2.07. The average Bonchev–Trinajstić information content (AvgIpc) is 2.28. The van der Waals surface area contributed by atoms with Crippen molar-refractivity contribution in [2.24, 2.45) is 0 Å². The molecule has 2 heterocycles. The number of hydrogen-bond acceptors (Lipinski definition) is 2. The lowest BCUT2D eigenvalue weighted by Gasteiger charge is -2.08. The van der Waals surface area contributed by atoms with Crippen molar-refractivity contribution in [2.75, 3.05) is 0 Å². The fraction of sp³-hybridized carbons (Fsp3) is 0.250. The number of pyridine rings is 2. The first kappa shape index (κ1) is 12.5. The molecule has 0 fully saturated rings. The molecule has 2 heteroatoms. The van der Waals surface area contributed by atoms with Gasteiger partial charge in [-0.3, -0.25) is 9.97 Å². The molecule has 0 aliphatic carbocycles. The van der Waals surface area contributed by atoms with Crippen LogP contribution in [0.1, 0.15) is 23.7 Å². The predicted octanol–water partition coefficient (Wildman–Crippen LogP) is 3.88. The molecule has 0 radical (unpaired) electrons. The van der Waals surface area contributed by atoms with E-state index >= 15 is 0 Å². The number of rotatable bonds is 3. The van der Waals surface area contributed by atoms with Crippen molar-refractivity contribution in [3.8, 4) is 11.3 Å². The highest BCUT2D eigenvalue weighted by Crippen LogP contribution is 2.22. The van der Waals surface area contributed by atoms with Crippen LogP contribution in [0.2, 0.25) is 0 Å². The number of allylic oxidation sites excluding steroid dienone is 1. The van der Waals surface area contributed by atoms with Crippen molar-refractivity contribution in [1.29, 1.82) is 0 Å². The molecule has 2 rings (SSSR count). The molecular formula is C16H18N2. The van der Waals surface area contributed by atoms with Crippen molar-refractivity contribution in [3.63, 3.8) is 0 Å². The molecule has 0 unspecified atom stereocenters. The third kappa shape index (κ3) is 2.83. The second-order valence-corrected chi connectivity index (χ2v) is 4.83. The van der Waals surface area contributed by atoms with Gasteiger partial charge in [0.2, 0.25) is 0 Å². The molecule has 0 atom stereocenters. The van der Waals surface area contributed by atoms with Gasteiger partial charge in [0.1, 0.15) is 0 Å². The highest BCUT2D eigenvalue weighted by molar-refractivity contribution is 5.63. The van der Waals surface area contributed by atoms with E-state index in [1.807, 2.05) is 32.3 Å². The van der Waals surface area contributed by atoms with Crippen LogP contribution < -0.4 is 0 Å². The first-order valence-corrected chi connectivity index (χ1v) is 6.09. The minimum Gasteiger partial charge on any atom is -0.262 e. The van der Waals surface area contributed by atoms with Crippen molar-refractivity contribution in [1.82, 2.24) is 9.97 Å². The van der Waals surface area contributed by atoms with E-state index in [0.717, 1.165) is 28.9 Å². The summed E-state index contributed by atoms with van der Waals surface area (Å²) in [6.07, 6.45) is 4.66. The van der Waals surface area contributed by atoms with Gasteiger partial charge in [0.25, 0.3) is 0 Å². The summed E-state index contributed by atoms with van der Waals surface area (Å²) in [5.41, 5.74) is 6.74. The predicted molar refractivity (Wildman–Crippen MR) is 75.5 cm³/mol. The van der Waals surface area contributed by atoms with Gasteiger partial charge in [-0.05, 0) is 50.5 Å². The monoisotopic (exact) mass is 238 g/mol. The van der Waals surface area contributed by atoms with Gasteiger partial charge in [0, 0.05) is 23.7 Å². The minimum absolute atomic E-state index is 0.892. The van der Waals surface area contributed by atoms with E-state index in [9.17, 15) is 0 Å². The molecule has 18 heavy (non-hydrogen) atoms. The summed E-state index contributed by atoms with van der Waals surface area (Å²) in [6.45, 7) is 10.1. The molecule has 0 saturated heterocycles. The lowest BCUT2D eigenvalue weighted by atomic mass is 10.0. The topological polar surface area (TPSA) is 25.8 Å². The van der Waals surface area contributed by atoms with Crippen LogP contribution >= 0.6 is 0 Å². The third-order valence-electron chi connectivity index (χ3n) is 2.81. The van der Waals surface area contributed by atoms with Crippen LogP contribution in [-0.2, 0) is 6.42 Å². The van der Waals surface area contributed by atoms with E-state index in [4.69, 9.17) is 0 Å². The Bertz CT molecular complexity index is 585. The Morgan fingerprint density at radius 2 is 2.00 bits per heavy atom. The Kier molecular flexibility index (Phi) is 3.56. The Morgan fingerprint density at radius 3 is 2.61 bits per heavy atom. The third-order valence-corrected chi connectivity index (χ3v) is 2.81. The molecule has 0 spiro atoms. The summed E-state index contributed by atoms with van der Waals surface area (Å²) in [6, 6.07) is 6.25. The Hall–Kier alpha value is -1.96. The average molecular weight is 238 g/mol. The van der Waals surface area contributed by atoms with Gasteiger partial charge in [-0.25, -0.2) is 0 Å². The van der Waals surface area contributed by atoms with Gasteiger partial charge in [-0.15, -0.1) is 0 Å². The molecule has 0 aliphatic heterocycles. The van der Waals surface area contributed by atoms with Gasteiger partial charge in [-0.1, -0.05) is 18.2 Å². The molecule has 2 nitrogen and oxygen atoms in total. The smallest absolute Gasteiger partial charge is 0.0732 e. The normalized spacial score (nSPS) is 10.4. The van der Waals surface area contributed by atoms with Crippen molar-refractivity contribution < 1.29 is 0 Å². The summed E-state index contributed by atoms with van der Waals surface area (Å²) >= 11 is 0. The molecule has 0 bridgehead atoms. The molecular weight excluding hydrogens is 220 g/mol. The summed E-state index contributed by atoms with van der Waals surface area (Å²) < 4.78 is 0. The van der Waals surface area contributed by atoms with Gasteiger partial charge in [0.15, 0.2) is 0 Å². The van der Waals surface area contributed by atoms with Crippen LogP contribution in [0.25, 0.3) is 11.3 Å². The molecule has 0 amide bonds. The van der Waals surface area contributed by atoms with Crippen molar-refractivity contribution in [3.05, 3.63) is 59.6 Å².